The van der Waals surface area contributed by atoms with Crippen LogP contribution in [0.2, 0.25) is 0 Å². The Labute approximate surface area is 95.8 Å². The maximum Gasteiger partial charge on any atom is 0.0625 e. The number of nitrogens with one attached hydrogen (secondary N) is 1. The van der Waals surface area contributed by atoms with Gasteiger partial charge in [0, 0.05) is 6.04 Å². The molecule has 0 bridgehead atoms. The molecule has 0 aliphatic carbocycles. The summed E-state index contributed by atoms with van der Waals surface area (Å²) < 4.78 is 5.71. The van der Waals surface area contributed by atoms with E-state index in [-0.39, 0.29) is 0 Å². The average Bonchev–Trinajstić information content (AvgIpc) is 2.19. The minimum atomic E-state index is 0.338. The van der Waals surface area contributed by atoms with Crippen LogP contribution < -0.4 is 5.32 Å². The molecule has 1 N–H and O–H groups in total. The molecule has 0 radical (unpaired) electrons. The molecule has 0 spiro atoms. The summed E-state index contributed by atoms with van der Waals surface area (Å²) in [6.07, 6.45) is 5.49. The lowest BCUT2D eigenvalue weighted by atomic mass is 9.91. The molecule has 92 valence electrons. The van der Waals surface area contributed by atoms with Crippen molar-refractivity contribution in [2.24, 2.45) is 5.92 Å². The highest BCUT2D eigenvalue weighted by molar-refractivity contribution is 4.74. The molecule has 0 aromatic rings. The van der Waals surface area contributed by atoms with E-state index in [0.29, 0.717) is 12.1 Å². The van der Waals surface area contributed by atoms with Gasteiger partial charge in [0.15, 0.2) is 0 Å². The second-order valence-electron chi connectivity index (χ2n) is 4.61. The lowest BCUT2D eigenvalue weighted by Gasteiger charge is -2.27. The summed E-state index contributed by atoms with van der Waals surface area (Å²) in [6.45, 7) is 9.57. The zero-order valence-electron chi connectivity index (χ0n) is 11.2. The molecule has 1 unspecified atom stereocenters. The molecule has 0 aliphatic rings. The van der Waals surface area contributed by atoms with E-state index in [0.717, 1.165) is 12.5 Å². The van der Waals surface area contributed by atoms with Crippen molar-refractivity contribution in [1.82, 2.24) is 5.32 Å². The zero-order valence-corrected chi connectivity index (χ0v) is 11.2. The zero-order chi connectivity index (χ0) is 11.7. The van der Waals surface area contributed by atoms with Crippen molar-refractivity contribution in [3.8, 4) is 0 Å². The molecule has 0 aromatic heterocycles. The molecule has 0 saturated carbocycles. The lowest BCUT2D eigenvalue weighted by molar-refractivity contribution is 0.0475. The molecule has 15 heavy (non-hydrogen) atoms. The van der Waals surface area contributed by atoms with Crippen molar-refractivity contribution >= 4 is 0 Å². The molecule has 0 heterocycles. The van der Waals surface area contributed by atoms with Crippen LogP contribution in [0, 0.1) is 5.92 Å². The fourth-order valence-corrected chi connectivity index (χ4v) is 2.04. The van der Waals surface area contributed by atoms with E-state index in [4.69, 9.17) is 4.74 Å². The Hall–Kier alpha value is -0.0800. The summed E-state index contributed by atoms with van der Waals surface area (Å²) in [5.41, 5.74) is 0. The molecule has 2 heteroatoms. The topological polar surface area (TPSA) is 21.3 Å². The van der Waals surface area contributed by atoms with Crippen molar-refractivity contribution in [3.05, 3.63) is 0 Å². The van der Waals surface area contributed by atoms with Gasteiger partial charge in [0.25, 0.3) is 0 Å². The van der Waals surface area contributed by atoms with Crippen molar-refractivity contribution < 1.29 is 4.74 Å². The molecule has 0 rings (SSSR count). The van der Waals surface area contributed by atoms with E-state index in [1.807, 2.05) is 7.05 Å². The van der Waals surface area contributed by atoms with Crippen LogP contribution in [0.15, 0.2) is 0 Å². The van der Waals surface area contributed by atoms with E-state index in [2.05, 4.69) is 33.0 Å². The van der Waals surface area contributed by atoms with Gasteiger partial charge >= 0.3 is 0 Å². The van der Waals surface area contributed by atoms with Gasteiger partial charge in [-0.1, -0.05) is 26.7 Å². The molecule has 0 saturated heterocycles. The Morgan fingerprint density at radius 2 is 1.60 bits per heavy atom. The second kappa shape index (κ2) is 9.17. The number of ether oxygens (including phenoxy) is 1. The van der Waals surface area contributed by atoms with E-state index in [1.165, 1.54) is 25.7 Å². The first-order chi connectivity index (χ1) is 7.15. The van der Waals surface area contributed by atoms with Crippen molar-refractivity contribution in [1.29, 1.82) is 0 Å². The first kappa shape index (κ1) is 14.9. The maximum atomic E-state index is 5.71. The molecule has 0 amide bonds. The van der Waals surface area contributed by atoms with Gasteiger partial charge in [-0.15, -0.1) is 0 Å². The van der Waals surface area contributed by atoms with Crippen LogP contribution >= 0.6 is 0 Å². The van der Waals surface area contributed by atoms with E-state index in [1.54, 1.807) is 0 Å². The van der Waals surface area contributed by atoms with Crippen molar-refractivity contribution in [2.75, 3.05) is 13.7 Å². The fraction of sp³-hybridized carbons (Fsp3) is 1.00. The molecular weight excluding hydrogens is 186 g/mol. The van der Waals surface area contributed by atoms with E-state index >= 15 is 0 Å². The predicted octanol–water partition coefficient (Wildman–Crippen LogP) is 3.22. The maximum absolute atomic E-state index is 5.71. The molecular formula is C13H29NO. The highest BCUT2D eigenvalue weighted by Crippen LogP contribution is 2.18. The Bertz CT molecular complexity index is 130. The summed E-state index contributed by atoms with van der Waals surface area (Å²) in [5, 5.41) is 3.40. The minimum absolute atomic E-state index is 0.338. The van der Waals surface area contributed by atoms with Crippen LogP contribution in [0.3, 0.4) is 0 Å². The van der Waals surface area contributed by atoms with Gasteiger partial charge < -0.3 is 10.1 Å². The molecule has 2 nitrogen and oxygen atoms in total. The standard InChI is InChI=1S/C13H29NO/c1-6-8-12(9-7-2)13(14-5)10-15-11(3)4/h11-14H,6-10H2,1-5H3. The van der Waals surface area contributed by atoms with Gasteiger partial charge in [0.1, 0.15) is 0 Å². The third-order valence-electron chi connectivity index (χ3n) is 2.87. The van der Waals surface area contributed by atoms with Gasteiger partial charge in [-0.3, -0.25) is 0 Å². The van der Waals surface area contributed by atoms with Gasteiger partial charge in [0.05, 0.1) is 12.7 Å². The largest absolute Gasteiger partial charge is 0.377 e. The number of rotatable bonds is 9. The quantitative estimate of drug-likeness (QED) is 0.637. The van der Waals surface area contributed by atoms with Crippen LogP contribution in [0.25, 0.3) is 0 Å². The third-order valence-corrected chi connectivity index (χ3v) is 2.87. The number of likely N-dealkylation sites (N-methyl/N-ethyl adjacent to an activating group) is 1. The molecule has 1 atom stereocenters. The average molecular weight is 215 g/mol. The Morgan fingerprint density at radius 3 is 1.93 bits per heavy atom. The number of hydrogen-bond acceptors (Lipinski definition) is 2. The highest BCUT2D eigenvalue weighted by atomic mass is 16.5. The predicted molar refractivity (Wildman–Crippen MR) is 67.2 cm³/mol. The normalized spacial score (nSPS) is 13.8. The first-order valence-electron chi connectivity index (χ1n) is 6.44. The highest BCUT2D eigenvalue weighted by Gasteiger charge is 2.18. The summed E-state index contributed by atoms with van der Waals surface area (Å²) in [7, 11) is 2.05. The molecule has 0 fully saturated rings. The number of hydrogen-bond donors (Lipinski definition) is 1. The first-order valence-corrected chi connectivity index (χ1v) is 6.44. The second-order valence-corrected chi connectivity index (χ2v) is 4.61. The van der Waals surface area contributed by atoms with Crippen molar-refractivity contribution in [3.63, 3.8) is 0 Å². The van der Waals surface area contributed by atoms with E-state index < -0.39 is 0 Å². The Morgan fingerprint density at radius 1 is 1.07 bits per heavy atom. The van der Waals surface area contributed by atoms with Crippen LogP contribution in [0.4, 0.5) is 0 Å². The SMILES string of the molecule is CCCC(CCC)C(COC(C)C)NC. The molecule has 0 aliphatic heterocycles. The molecule has 0 aromatic carbocycles. The summed E-state index contributed by atoms with van der Waals surface area (Å²) in [5.74, 6) is 0.767. The van der Waals surface area contributed by atoms with Crippen LogP contribution in [0.1, 0.15) is 53.4 Å². The summed E-state index contributed by atoms with van der Waals surface area (Å²) in [6, 6.07) is 0.521. The van der Waals surface area contributed by atoms with Gasteiger partial charge in [0.2, 0.25) is 0 Å². The monoisotopic (exact) mass is 215 g/mol. The van der Waals surface area contributed by atoms with Gasteiger partial charge in [-0.05, 0) is 39.7 Å². The lowest BCUT2D eigenvalue weighted by Crippen LogP contribution is -2.38. The van der Waals surface area contributed by atoms with Gasteiger partial charge in [-0.25, -0.2) is 0 Å². The smallest absolute Gasteiger partial charge is 0.0625 e. The van der Waals surface area contributed by atoms with Crippen LogP contribution in [-0.2, 0) is 4.74 Å². The van der Waals surface area contributed by atoms with Crippen molar-refractivity contribution in [2.45, 2.75) is 65.5 Å². The Kier molecular flexibility index (Phi) is 9.12. The third kappa shape index (κ3) is 6.91. The van der Waals surface area contributed by atoms with E-state index in [9.17, 15) is 0 Å². The summed E-state index contributed by atoms with van der Waals surface area (Å²) >= 11 is 0. The van der Waals surface area contributed by atoms with Gasteiger partial charge in [-0.2, -0.15) is 0 Å². The summed E-state index contributed by atoms with van der Waals surface area (Å²) in [4.78, 5) is 0. The minimum Gasteiger partial charge on any atom is -0.377 e. The van der Waals surface area contributed by atoms with Crippen LogP contribution in [0.5, 0.6) is 0 Å². The fourth-order valence-electron chi connectivity index (χ4n) is 2.04. The van der Waals surface area contributed by atoms with Crippen LogP contribution in [-0.4, -0.2) is 25.8 Å². The Balaban J connectivity index is 4.05.